The second-order valence-corrected chi connectivity index (χ2v) is 11.4. The highest BCUT2D eigenvalue weighted by molar-refractivity contribution is 6.24. The van der Waals surface area contributed by atoms with E-state index in [4.69, 9.17) is 15.3 Å². The molecule has 0 saturated carbocycles. The zero-order valence-electron chi connectivity index (χ0n) is 27.2. The number of hydrogen-bond acceptors (Lipinski definition) is 8. The number of aromatic nitrogens is 3. The van der Waals surface area contributed by atoms with E-state index in [1.54, 1.807) is 84.9 Å². The van der Waals surface area contributed by atoms with Crippen LogP contribution in [0, 0.1) is 0 Å². The molecule has 0 bridgehead atoms. The Hall–Kier alpha value is -7.80. The summed E-state index contributed by atoms with van der Waals surface area (Å²) in [6, 6.07) is 31.4. The van der Waals surface area contributed by atoms with Crippen LogP contribution in [0.4, 0.5) is 0 Å². The van der Waals surface area contributed by atoms with E-state index >= 15 is 0 Å². The lowest BCUT2D eigenvalue weighted by Gasteiger charge is -2.11. The smallest absolute Gasteiger partial charge is 0.336 e. The number of aromatic carboxylic acids is 5. The minimum Gasteiger partial charge on any atom is -0.478 e. The van der Waals surface area contributed by atoms with E-state index in [0.717, 1.165) is 0 Å². The minimum absolute atomic E-state index is 0.113. The SMILES string of the molecule is O=C(O)c1c2ccccc2c(C(=O)O)c2ccccc12.O=C(O)c1ccc(-c2nc(-c3ccc(C(=O)O)cc3)nc(-c3ccc(C(=O)O)cc3)n2)cc1. The molecule has 7 aromatic rings. The molecule has 0 radical (unpaired) electrons. The van der Waals surface area contributed by atoms with Gasteiger partial charge in [0.1, 0.15) is 0 Å². The summed E-state index contributed by atoms with van der Waals surface area (Å²) < 4.78 is 0. The number of rotatable bonds is 8. The van der Waals surface area contributed by atoms with E-state index in [2.05, 4.69) is 15.0 Å². The third-order valence-corrected chi connectivity index (χ3v) is 8.16. The summed E-state index contributed by atoms with van der Waals surface area (Å²) >= 11 is 0. The van der Waals surface area contributed by atoms with Gasteiger partial charge in [-0.2, -0.15) is 0 Å². The fourth-order valence-corrected chi connectivity index (χ4v) is 5.64. The maximum Gasteiger partial charge on any atom is 0.336 e. The van der Waals surface area contributed by atoms with Crippen LogP contribution in [0.2, 0.25) is 0 Å². The van der Waals surface area contributed by atoms with Crippen LogP contribution in [0.3, 0.4) is 0 Å². The molecule has 5 N–H and O–H groups in total. The fraction of sp³-hybridized carbons (Fsp3) is 0. The highest BCUT2D eigenvalue weighted by Gasteiger charge is 2.21. The van der Waals surface area contributed by atoms with Gasteiger partial charge in [-0.15, -0.1) is 0 Å². The predicted octanol–water partition coefficient (Wildman–Crippen LogP) is 7.36. The standard InChI is InChI=1S/C24H15N3O6.C16H10O4/c28-22(29)16-7-1-13(2-8-16)19-25-20(14-3-9-17(10-4-14)23(30)31)27-21(26-19)15-5-11-18(12-6-15)24(32)33;17-15(18)13-9-5-1-2-6-10(9)14(16(19)20)12-8-4-3-7-11(12)13/h1-12H,(H,28,29)(H,30,31)(H,32,33);1-8H,(H,17,18)(H,19,20). The molecule has 0 amide bonds. The van der Waals surface area contributed by atoms with Gasteiger partial charge in [0.15, 0.2) is 17.5 Å². The number of carboxylic acids is 5. The number of carbonyl (C=O) groups is 5. The van der Waals surface area contributed by atoms with Gasteiger partial charge in [0.25, 0.3) is 0 Å². The Kier molecular flexibility index (Phi) is 9.64. The Bertz CT molecular complexity index is 2270. The summed E-state index contributed by atoms with van der Waals surface area (Å²) in [6.45, 7) is 0. The van der Waals surface area contributed by atoms with Gasteiger partial charge in [-0.1, -0.05) is 84.9 Å². The third-order valence-electron chi connectivity index (χ3n) is 8.16. The van der Waals surface area contributed by atoms with Gasteiger partial charge in [-0.25, -0.2) is 38.9 Å². The molecule has 0 spiro atoms. The van der Waals surface area contributed by atoms with E-state index < -0.39 is 29.8 Å². The van der Waals surface area contributed by atoms with E-state index in [1.165, 1.54) is 36.4 Å². The molecule has 13 nitrogen and oxygen atoms in total. The summed E-state index contributed by atoms with van der Waals surface area (Å²) in [4.78, 5) is 70.0. The number of nitrogens with zero attached hydrogens (tertiary/aromatic N) is 3. The van der Waals surface area contributed by atoms with Gasteiger partial charge in [0, 0.05) is 16.7 Å². The first-order chi connectivity index (χ1) is 25.4. The number of carboxylic acid groups (broad SMARTS) is 5. The van der Waals surface area contributed by atoms with E-state index in [1.807, 2.05) is 0 Å². The van der Waals surface area contributed by atoms with Crippen molar-refractivity contribution in [1.29, 1.82) is 0 Å². The maximum atomic E-state index is 11.6. The molecular formula is C40H25N3O10. The third kappa shape index (κ3) is 7.25. The lowest BCUT2D eigenvalue weighted by Crippen LogP contribution is -2.05. The van der Waals surface area contributed by atoms with Crippen molar-refractivity contribution in [2.75, 3.05) is 0 Å². The second-order valence-electron chi connectivity index (χ2n) is 11.4. The summed E-state index contributed by atoms with van der Waals surface area (Å²) in [5, 5.41) is 48.1. The Morgan fingerprint density at radius 1 is 0.321 bits per heavy atom. The Morgan fingerprint density at radius 3 is 0.736 bits per heavy atom. The highest BCUT2D eigenvalue weighted by Crippen LogP contribution is 2.33. The number of fused-ring (bicyclic) bond motifs is 2. The van der Waals surface area contributed by atoms with Crippen LogP contribution in [0.5, 0.6) is 0 Å². The molecular weight excluding hydrogens is 682 g/mol. The van der Waals surface area contributed by atoms with Crippen LogP contribution in [-0.2, 0) is 0 Å². The molecule has 0 saturated heterocycles. The van der Waals surface area contributed by atoms with Crippen LogP contribution in [0.15, 0.2) is 121 Å². The molecule has 7 rings (SSSR count). The van der Waals surface area contributed by atoms with E-state index in [9.17, 15) is 34.2 Å². The number of hydrogen-bond donors (Lipinski definition) is 5. The first kappa shape index (κ1) is 35.0. The average molecular weight is 708 g/mol. The molecule has 0 fully saturated rings. The lowest BCUT2D eigenvalue weighted by molar-refractivity contribution is 0.0686. The van der Waals surface area contributed by atoms with Crippen LogP contribution < -0.4 is 0 Å². The zero-order valence-corrected chi connectivity index (χ0v) is 27.2. The fourth-order valence-electron chi connectivity index (χ4n) is 5.64. The minimum atomic E-state index is -1.06. The predicted molar refractivity (Wildman–Crippen MR) is 192 cm³/mol. The molecule has 0 aliphatic heterocycles. The van der Waals surface area contributed by atoms with Crippen molar-refractivity contribution in [3.05, 3.63) is 149 Å². The Balaban J connectivity index is 0.000000204. The van der Waals surface area contributed by atoms with Crippen LogP contribution in [-0.4, -0.2) is 70.3 Å². The Morgan fingerprint density at radius 2 is 0.547 bits per heavy atom. The maximum absolute atomic E-state index is 11.6. The van der Waals surface area contributed by atoms with Gasteiger partial charge in [0.05, 0.1) is 27.8 Å². The largest absolute Gasteiger partial charge is 0.478 e. The van der Waals surface area contributed by atoms with Gasteiger partial charge in [-0.3, -0.25) is 0 Å². The molecule has 1 aromatic heterocycles. The van der Waals surface area contributed by atoms with E-state index in [-0.39, 0.29) is 45.3 Å². The van der Waals surface area contributed by atoms with Gasteiger partial charge in [-0.05, 0) is 57.9 Å². The molecule has 53 heavy (non-hydrogen) atoms. The molecule has 6 aromatic carbocycles. The first-order valence-corrected chi connectivity index (χ1v) is 15.6. The van der Waals surface area contributed by atoms with Crippen molar-refractivity contribution in [3.63, 3.8) is 0 Å². The molecule has 260 valence electrons. The summed E-state index contributed by atoms with van der Waals surface area (Å²) in [7, 11) is 0. The average Bonchev–Trinajstić information content (AvgIpc) is 3.16. The molecule has 0 aliphatic rings. The van der Waals surface area contributed by atoms with E-state index in [0.29, 0.717) is 38.2 Å². The molecule has 0 aliphatic carbocycles. The quantitative estimate of drug-likeness (QED) is 0.0975. The van der Waals surface area contributed by atoms with Gasteiger partial charge < -0.3 is 25.5 Å². The molecule has 0 unspecified atom stereocenters. The highest BCUT2D eigenvalue weighted by atomic mass is 16.4. The summed E-state index contributed by atoms with van der Waals surface area (Å²) in [5.41, 5.74) is 2.27. The van der Waals surface area contributed by atoms with Gasteiger partial charge in [0.2, 0.25) is 0 Å². The van der Waals surface area contributed by atoms with Crippen molar-refractivity contribution >= 4 is 51.4 Å². The second kappa shape index (κ2) is 14.6. The van der Waals surface area contributed by atoms with Crippen molar-refractivity contribution < 1.29 is 49.5 Å². The normalized spacial score (nSPS) is 10.6. The van der Waals surface area contributed by atoms with Crippen LogP contribution >= 0.6 is 0 Å². The zero-order chi connectivity index (χ0) is 37.8. The van der Waals surface area contributed by atoms with Crippen LogP contribution in [0.25, 0.3) is 55.7 Å². The summed E-state index contributed by atoms with van der Waals surface area (Å²) in [6.07, 6.45) is 0. The van der Waals surface area contributed by atoms with Crippen molar-refractivity contribution in [2.24, 2.45) is 0 Å². The topological polar surface area (TPSA) is 225 Å². The Labute approximate surface area is 298 Å². The number of benzene rings is 6. The van der Waals surface area contributed by atoms with Crippen molar-refractivity contribution in [1.82, 2.24) is 15.0 Å². The van der Waals surface area contributed by atoms with Crippen LogP contribution in [0.1, 0.15) is 51.8 Å². The lowest BCUT2D eigenvalue weighted by atomic mass is 9.92. The molecule has 0 atom stereocenters. The first-order valence-electron chi connectivity index (χ1n) is 15.6. The summed E-state index contributed by atoms with van der Waals surface area (Å²) in [5.74, 6) is -4.48. The molecule has 1 heterocycles. The van der Waals surface area contributed by atoms with Crippen molar-refractivity contribution in [3.8, 4) is 34.2 Å². The molecule has 13 heteroatoms. The van der Waals surface area contributed by atoms with Gasteiger partial charge >= 0.3 is 29.8 Å². The van der Waals surface area contributed by atoms with Crippen molar-refractivity contribution in [2.45, 2.75) is 0 Å². The monoisotopic (exact) mass is 707 g/mol.